The maximum Gasteiger partial charge on any atom is 0.332 e. The molecule has 0 saturated carbocycles. The number of carbonyl (C=O) groups is 2. The lowest BCUT2D eigenvalue weighted by molar-refractivity contribution is -0.136. The first-order valence-electron chi connectivity index (χ1n) is 7.72. The summed E-state index contributed by atoms with van der Waals surface area (Å²) in [6.07, 6.45) is 2.73. The molecule has 0 aliphatic carbocycles. The van der Waals surface area contributed by atoms with Gasteiger partial charge >= 0.3 is 11.7 Å². The number of benzene rings is 1. The highest BCUT2D eigenvalue weighted by atomic mass is 16.5. The zero-order valence-electron chi connectivity index (χ0n) is 14.7. The van der Waals surface area contributed by atoms with Gasteiger partial charge < -0.3 is 10.5 Å². The van der Waals surface area contributed by atoms with Gasteiger partial charge in [0.1, 0.15) is 11.4 Å². The zero-order chi connectivity index (χ0) is 19.4. The number of esters is 1. The van der Waals surface area contributed by atoms with Crippen molar-refractivity contribution >= 4 is 23.6 Å². The number of ketones is 1. The highest BCUT2D eigenvalue weighted by Gasteiger charge is 2.21. The van der Waals surface area contributed by atoms with Gasteiger partial charge in [-0.2, -0.15) is 0 Å². The molecule has 0 amide bonds. The molecule has 1 heterocycles. The molecule has 0 saturated heterocycles. The maximum absolute atomic E-state index is 12.2. The van der Waals surface area contributed by atoms with E-state index in [9.17, 15) is 19.2 Å². The van der Waals surface area contributed by atoms with Crippen LogP contribution in [0.1, 0.15) is 21.5 Å². The van der Waals surface area contributed by atoms with Gasteiger partial charge in [0, 0.05) is 20.2 Å². The van der Waals surface area contributed by atoms with E-state index in [1.54, 1.807) is 6.08 Å². The van der Waals surface area contributed by atoms with Gasteiger partial charge in [0.15, 0.2) is 6.61 Å². The largest absolute Gasteiger partial charge is 0.454 e. The smallest absolute Gasteiger partial charge is 0.332 e. The Balaban J connectivity index is 2.09. The molecule has 0 radical (unpaired) electrons. The second kappa shape index (κ2) is 7.64. The summed E-state index contributed by atoms with van der Waals surface area (Å²) >= 11 is 0. The number of hydrogen-bond donors (Lipinski definition) is 1. The summed E-state index contributed by atoms with van der Waals surface area (Å²) in [6, 6.07) is 7.46. The number of anilines is 1. The molecule has 2 N–H and O–H groups in total. The van der Waals surface area contributed by atoms with Crippen molar-refractivity contribution in [3.8, 4) is 0 Å². The Hall–Kier alpha value is -3.42. The van der Waals surface area contributed by atoms with E-state index >= 15 is 0 Å². The van der Waals surface area contributed by atoms with Crippen molar-refractivity contribution in [3.05, 3.63) is 67.9 Å². The number of aryl methyl sites for hydroxylation is 1. The van der Waals surface area contributed by atoms with Gasteiger partial charge in [-0.3, -0.25) is 18.7 Å². The number of hydrogen-bond acceptors (Lipinski definition) is 6. The van der Waals surface area contributed by atoms with E-state index in [0.29, 0.717) is 0 Å². The summed E-state index contributed by atoms with van der Waals surface area (Å²) in [5.41, 5.74) is 5.71. The molecular weight excluding hydrogens is 338 g/mol. The molecule has 0 unspecified atom stereocenters. The van der Waals surface area contributed by atoms with Crippen LogP contribution in [-0.4, -0.2) is 27.5 Å². The van der Waals surface area contributed by atoms with Crippen molar-refractivity contribution < 1.29 is 14.3 Å². The molecule has 136 valence electrons. The van der Waals surface area contributed by atoms with Crippen molar-refractivity contribution in [2.45, 2.75) is 6.92 Å². The number of Topliss-reactive ketones (excluding diaryl/α,β-unsaturated/α-hetero) is 1. The van der Waals surface area contributed by atoms with Crippen LogP contribution < -0.4 is 17.0 Å². The molecule has 0 bridgehead atoms. The normalized spacial score (nSPS) is 10.9. The number of rotatable bonds is 5. The van der Waals surface area contributed by atoms with E-state index in [-0.39, 0.29) is 11.4 Å². The van der Waals surface area contributed by atoms with Gasteiger partial charge in [-0.25, -0.2) is 9.59 Å². The molecule has 2 rings (SSSR count). The molecule has 0 atom stereocenters. The fourth-order valence-corrected chi connectivity index (χ4v) is 2.22. The van der Waals surface area contributed by atoms with E-state index in [2.05, 4.69) is 0 Å². The number of carbonyl (C=O) groups excluding carboxylic acids is 2. The molecule has 1 aromatic heterocycles. The number of nitrogens with two attached hydrogens (primary N) is 1. The van der Waals surface area contributed by atoms with Crippen LogP contribution in [0.25, 0.3) is 6.08 Å². The van der Waals surface area contributed by atoms with E-state index in [4.69, 9.17) is 10.5 Å². The highest BCUT2D eigenvalue weighted by molar-refractivity contribution is 6.01. The van der Waals surface area contributed by atoms with E-state index in [1.807, 2.05) is 31.2 Å². The van der Waals surface area contributed by atoms with E-state index in [0.717, 1.165) is 20.3 Å². The monoisotopic (exact) mass is 357 g/mol. The molecule has 0 spiro atoms. The van der Waals surface area contributed by atoms with Crippen LogP contribution in [0.3, 0.4) is 0 Å². The second-order valence-electron chi connectivity index (χ2n) is 5.74. The third-order valence-electron chi connectivity index (χ3n) is 3.82. The molecule has 0 fully saturated rings. The molecular formula is C18H19N3O5. The first kappa shape index (κ1) is 18.9. The van der Waals surface area contributed by atoms with E-state index < -0.39 is 29.6 Å². The molecule has 8 nitrogen and oxygen atoms in total. The van der Waals surface area contributed by atoms with Crippen LogP contribution in [0, 0.1) is 6.92 Å². The van der Waals surface area contributed by atoms with Gasteiger partial charge in [0.25, 0.3) is 5.56 Å². The summed E-state index contributed by atoms with van der Waals surface area (Å²) < 4.78 is 6.60. The Morgan fingerprint density at radius 3 is 2.35 bits per heavy atom. The lowest BCUT2D eigenvalue weighted by atomic mass is 10.1. The Morgan fingerprint density at radius 2 is 1.73 bits per heavy atom. The topological polar surface area (TPSA) is 113 Å². The standard InChI is InChI=1S/C18H19N3O5/c1-11-4-6-12(7-5-11)8-9-14(23)26-10-13(22)15-16(19)20(2)18(25)21(3)17(15)24/h4-9H,10,19H2,1-3H3/b9-8+. The fourth-order valence-electron chi connectivity index (χ4n) is 2.22. The third-order valence-corrected chi connectivity index (χ3v) is 3.82. The minimum atomic E-state index is -0.832. The van der Waals surface area contributed by atoms with Gasteiger partial charge in [-0.1, -0.05) is 29.8 Å². The summed E-state index contributed by atoms with van der Waals surface area (Å²) in [4.78, 5) is 47.8. The van der Waals surface area contributed by atoms with E-state index in [1.165, 1.54) is 20.2 Å². The third kappa shape index (κ3) is 3.97. The Labute approximate surface area is 149 Å². The zero-order valence-corrected chi connectivity index (χ0v) is 14.7. The number of nitrogens with zero attached hydrogens (tertiary/aromatic N) is 2. The number of aromatic nitrogens is 2. The van der Waals surface area contributed by atoms with Gasteiger partial charge in [-0.15, -0.1) is 0 Å². The SMILES string of the molecule is Cc1ccc(/C=C/C(=O)OCC(=O)c2c(N)n(C)c(=O)n(C)c2=O)cc1. The van der Waals surface area contributed by atoms with Gasteiger partial charge in [0.2, 0.25) is 5.78 Å². The van der Waals surface area contributed by atoms with Crippen LogP contribution in [0.4, 0.5) is 5.82 Å². The lowest BCUT2D eigenvalue weighted by Gasteiger charge is -2.10. The predicted molar refractivity (Wildman–Crippen MR) is 96.8 cm³/mol. The van der Waals surface area contributed by atoms with Crippen LogP contribution >= 0.6 is 0 Å². The predicted octanol–water partition coefficient (Wildman–Crippen LogP) is 0.414. The number of ether oxygens (including phenoxy) is 1. The van der Waals surface area contributed by atoms with Gasteiger partial charge in [-0.05, 0) is 18.6 Å². The van der Waals surface area contributed by atoms with Crippen molar-refractivity contribution in [2.75, 3.05) is 12.3 Å². The summed E-state index contributed by atoms with van der Waals surface area (Å²) in [5.74, 6) is -1.79. The lowest BCUT2D eigenvalue weighted by Crippen LogP contribution is -2.42. The molecule has 8 heteroatoms. The minimum absolute atomic E-state index is 0.269. The second-order valence-corrected chi connectivity index (χ2v) is 5.74. The first-order valence-corrected chi connectivity index (χ1v) is 7.72. The molecule has 26 heavy (non-hydrogen) atoms. The van der Waals surface area contributed by atoms with Crippen LogP contribution in [0.15, 0.2) is 39.9 Å². The average Bonchev–Trinajstić information content (AvgIpc) is 2.62. The molecule has 0 aliphatic heterocycles. The summed E-state index contributed by atoms with van der Waals surface area (Å²) in [7, 11) is 2.57. The number of nitrogen functional groups attached to an aromatic ring is 1. The fraction of sp³-hybridized carbons (Fsp3) is 0.222. The van der Waals surface area contributed by atoms with Crippen LogP contribution in [-0.2, 0) is 23.6 Å². The van der Waals surface area contributed by atoms with Crippen molar-refractivity contribution in [1.29, 1.82) is 0 Å². The molecule has 1 aromatic carbocycles. The van der Waals surface area contributed by atoms with Crippen LogP contribution in [0.5, 0.6) is 0 Å². The van der Waals surface area contributed by atoms with Crippen LogP contribution in [0.2, 0.25) is 0 Å². The molecule has 0 aliphatic rings. The van der Waals surface area contributed by atoms with Gasteiger partial charge in [0.05, 0.1) is 0 Å². The highest BCUT2D eigenvalue weighted by Crippen LogP contribution is 2.06. The quantitative estimate of drug-likeness (QED) is 0.471. The van der Waals surface area contributed by atoms with Crippen molar-refractivity contribution in [2.24, 2.45) is 14.1 Å². The Morgan fingerprint density at radius 1 is 1.12 bits per heavy atom. The first-order chi connectivity index (χ1) is 12.2. The average molecular weight is 357 g/mol. The van der Waals surface area contributed by atoms with Crippen molar-refractivity contribution in [3.63, 3.8) is 0 Å². The summed E-state index contributed by atoms with van der Waals surface area (Å²) in [6.45, 7) is 1.29. The Bertz CT molecular complexity index is 997. The minimum Gasteiger partial charge on any atom is -0.454 e. The van der Waals surface area contributed by atoms with Crippen molar-refractivity contribution in [1.82, 2.24) is 9.13 Å². The Kier molecular flexibility index (Phi) is 5.56. The summed E-state index contributed by atoms with van der Waals surface area (Å²) in [5, 5.41) is 0. The molecule has 2 aromatic rings. The maximum atomic E-state index is 12.2.